The Kier molecular flexibility index (Phi) is 5.03. The van der Waals surface area contributed by atoms with Crippen LogP contribution in [0.5, 0.6) is 5.75 Å². The number of carbonyl (C=O) groups is 1. The quantitative estimate of drug-likeness (QED) is 0.333. The van der Waals surface area contributed by atoms with Gasteiger partial charge in [-0.25, -0.2) is 0 Å². The molecular formula is C21H15N3O5S. The smallest absolute Gasteiger partial charge is 0.302 e. The molecule has 4 rings (SSSR count). The van der Waals surface area contributed by atoms with Crippen LogP contribution in [0.15, 0.2) is 63.7 Å². The number of nitro groups is 1. The minimum atomic E-state index is -0.569. The molecule has 0 unspecified atom stereocenters. The first-order valence-corrected chi connectivity index (χ1v) is 9.76. The fourth-order valence-electron chi connectivity index (χ4n) is 3.08. The van der Waals surface area contributed by atoms with Crippen LogP contribution in [0.2, 0.25) is 0 Å². The lowest BCUT2D eigenvalue weighted by molar-refractivity contribution is -0.384. The van der Waals surface area contributed by atoms with Gasteiger partial charge in [0, 0.05) is 35.1 Å². The number of nitrogens with zero attached hydrogens (tertiary/aromatic N) is 2. The Bertz CT molecular complexity index is 1250. The highest BCUT2D eigenvalue weighted by Crippen LogP contribution is 2.42. The van der Waals surface area contributed by atoms with Crippen molar-refractivity contribution in [2.75, 3.05) is 5.32 Å². The topological polar surface area (TPSA) is 118 Å². The van der Waals surface area contributed by atoms with Crippen molar-refractivity contribution in [2.24, 2.45) is 0 Å². The number of phenolic OH excluding ortho intramolecular Hbond substituents is 1. The summed E-state index contributed by atoms with van der Waals surface area (Å²) in [7, 11) is 0. The van der Waals surface area contributed by atoms with Gasteiger partial charge in [0.2, 0.25) is 5.91 Å². The van der Waals surface area contributed by atoms with E-state index in [-0.39, 0.29) is 23.4 Å². The van der Waals surface area contributed by atoms with Crippen LogP contribution < -0.4 is 5.32 Å². The standard InChI is InChI=1S/C21H15N3O5S/c1-12(25)22-21-23-19(13-8-9-30-11-13)20(29-21)17-5-3-2-4-15(17)16-7-6-14(24(27)28)10-18(16)26/h2-11,26H,1H3,(H,22,23,25). The van der Waals surface area contributed by atoms with E-state index in [1.54, 1.807) is 24.3 Å². The van der Waals surface area contributed by atoms with E-state index in [2.05, 4.69) is 10.3 Å². The third kappa shape index (κ3) is 3.65. The highest BCUT2D eigenvalue weighted by atomic mass is 32.1. The van der Waals surface area contributed by atoms with Crippen molar-refractivity contribution in [3.8, 4) is 39.5 Å². The molecule has 30 heavy (non-hydrogen) atoms. The molecule has 150 valence electrons. The van der Waals surface area contributed by atoms with Gasteiger partial charge in [0.25, 0.3) is 5.69 Å². The summed E-state index contributed by atoms with van der Waals surface area (Å²) < 4.78 is 5.87. The van der Waals surface area contributed by atoms with E-state index in [9.17, 15) is 20.0 Å². The van der Waals surface area contributed by atoms with E-state index in [0.717, 1.165) is 11.6 Å². The highest BCUT2D eigenvalue weighted by Gasteiger charge is 2.22. The van der Waals surface area contributed by atoms with Crippen LogP contribution in [0.3, 0.4) is 0 Å². The molecule has 0 radical (unpaired) electrons. The Hall–Kier alpha value is -3.98. The molecule has 8 nitrogen and oxygen atoms in total. The minimum absolute atomic E-state index is 0.0569. The second-order valence-electron chi connectivity index (χ2n) is 6.39. The number of aromatic nitrogens is 1. The average Bonchev–Trinajstić information content (AvgIpc) is 3.37. The van der Waals surface area contributed by atoms with Gasteiger partial charge in [-0.15, -0.1) is 0 Å². The molecular weight excluding hydrogens is 406 g/mol. The molecule has 0 bridgehead atoms. The van der Waals surface area contributed by atoms with E-state index < -0.39 is 4.92 Å². The van der Waals surface area contributed by atoms with Crippen molar-refractivity contribution in [2.45, 2.75) is 6.92 Å². The summed E-state index contributed by atoms with van der Waals surface area (Å²) in [6, 6.07) is 13.0. The number of hydrogen-bond acceptors (Lipinski definition) is 7. The van der Waals surface area contributed by atoms with Crippen LogP contribution in [0.1, 0.15) is 6.92 Å². The fourth-order valence-corrected chi connectivity index (χ4v) is 3.72. The normalized spacial score (nSPS) is 10.7. The number of thiophene rings is 1. The van der Waals surface area contributed by atoms with E-state index in [1.807, 2.05) is 16.8 Å². The number of anilines is 1. The number of rotatable bonds is 5. The van der Waals surface area contributed by atoms with Crippen LogP contribution in [0.25, 0.3) is 33.7 Å². The van der Waals surface area contributed by atoms with Gasteiger partial charge in [-0.05, 0) is 23.1 Å². The molecule has 0 aliphatic carbocycles. The van der Waals surface area contributed by atoms with Gasteiger partial charge in [0.15, 0.2) is 5.76 Å². The Labute approximate surface area is 174 Å². The maximum Gasteiger partial charge on any atom is 0.302 e. The van der Waals surface area contributed by atoms with E-state index in [4.69, 9.17) is 4.42 Å². The number of nitrogens with one attached hydrogen (secondary N) is 1. The first-order chi connectivity index (χ1) is 14.4. The Morgan fingerprint density at radius 3 is 2.57 bits per heavy atom. The van der Waals surface area contributed by atoms with Crippen molar-refractivity contribution < 1.29 is 19.2 Å². The van der Waals surface area contributed by atoms with Crippen LogP contribution in [-0.4, -0.2) is 20.9 Å². The van der Waals surface area contributed by atoms with Crippen LogP contribution in [-0.2, 0) is 4.79 Å². The van der Waals surface area contributed by atoms with Gasteiger partial charge in [-0.2, -0.15) is 16.3 Å². The Morgan fingerprint density at radius 2 is 1.93 bits per heavy atom. The largest absolute Gasteiger partial charge is 0.507 e. The molecule has 0 aliphatic rings. The molecule has 0 saturated heterocycles. The number of oxazole rings is 1. The summed E-state index contributed by atoms with van der Waals surface area (Å²) >= 11 is 1.50. The van der Waals surface area contributed by atoms with Crippen LogP contribution >= 0.6 is 11.3 Å². The van der Waals surface area contributed by atoms with Crippen molar-refractivity contribution >= 4 is 28.9 Å². The van der Waals surface area contributed by atoms with Gasteiger partial charge in [-0.3, -0.25) is 20.2 Å². The second-order valence-corrected chi connectivity index (χ2v) is 7.17. The summed E-state index contributed by atoms with van der Waals surface area (Å²) in [5, 5.41) is 27.8. The molecule has 2 heterocycles. The predicted octanol–water partition coefficient (Wildman–Crippen LogP) is 5.31. The lowest BCUT2D eigenvalue weighted by Gasteiger charge is -2.10. The van der Waals surface area contributed by atoms with Gasteiger partial charge in [0.1, 0.15) is 11.4 Å². The van der Waals surface area contributed by atoms with Crippen molar-refractivity contribution in [1.82, 2.24) is 4.98 Å². The maximum atomic E-state index is 11.5. The summed E-state index contributed by atoms with van der Waals surface area (Å²) in [5.74, 6) is -0.137. The van der Waals surface area contributed by atoms with E-state index in [1.165, 1.54) is 30.4 Å². The number of aromatic hydroxyl groups is 1. The summed E-state index contributed by atoms with van der Waals surface area (Å²) in [6.07, 6.45) is 0. The number of non-ortho nitro benzene ring substituents is 1. The zero-order chi connectivity index (χ0) is 21.3. The number of hydrogen-bond donors (Lipinski definition) is 2. The highest BCUT2D eigenvalue weighted by molar-refractivity contribution is 7.08. The molecule has 0 spiro atoms. The monoisotopic (exact) mass is 421 g/mol. The lowest BCUT2D eigenvalue weighted by Crippen LogP contribution is -2.05. The Morgan fingerprint density at radius 1 is 1.17 bits per heavy atom. The number of carbonyl (C=O) groups excluding carboxylic acids is 1. The molecule has 0 aliphatic heterocycles. The molecule has 2 N–H and O–H groups in total. The maximum absolute atomic E-state index is 11.5. The molecule has 9 heteroatoms. The summed E-state index contributed by atoms with van der Waals surface area (Å²) in [6.45, 7) is 1.36. The third-order valence-corrected chi connectivity index (χ3v) is 5.04. The molecule has 4 aromatic rings. The van der Waals surface area contributed by atoms with Crippen LogP contribution in [0.4, 0.5) is 11.7 Å². The Balaban J connectivity index is 1.90. The fraction of sp³-hybridized carbons (Fsp3) is 0.0476. The van der Waals surface area contributed by atoms with Crippen molar-refractivity contribution in [1.29, 1.82) is 0 Å². The number of nitro benzene ring substituents is 1. The number of amides is 1. The molecule has 2 aromatic heterocycles. The van der Waals surface area contributed by atoms with Gasteiger partial charge >= 0.3 is 6.01 Å². The SMILES string of the molecule is CC(=O)Nc1nc(-c2ccsc2)c(-c2ccccc2-c2ccc([N+](=O)[O-])cc2O)o1. The van der Waals surface area contributed by atoms with Gasteiger partial charge in [0.05, 0.1) is 11.0 Å². The second kappa shape index (κ2) is 7.80. The van der Waals surface area contributed by atoms with Crippen molar-refractivity contribution in [3.63, 3.8) is 0 Å². The zero-order valence-electron chi connectivity index (χ0n) is 15.7. The first-order valence-electron chi connectivity index (χ1n) is 8.82. The predicted molar refractivity (Wildman–Crippen MR) is 113 cm³/mol. The molecule has 0 fully saturated rings. The van der Waals surface area contributed by atoms with Gasteiger partial charge in [-0.1, -0.05) is 24.3 Å². The molecule has 0 saturated carbocycles. The zero-order valence-corrected chi connectivity index (χ0v) is 16.5. The molecule has 1 amide bonds. The minimum Gasteiger partial charge on any atom is -0.507 e. The van der Waals surface area contributed by atoms with Crippen molar-refractivity contribution in [3.05, 3.63) is 69.4 Å². The van der Waals surface area contributed by atoms with E-state index in [0.29, 0.717) is 28.1 Å². The molecule has 0 atom stereocenters. The van der Waals surface area contributed by atoms with Gasteiger partial charge < -0.3 is 9.52 Å². The number of phenols is 1. The third-order valence-electron chi connectivity index (χ3n) is 4.36. The lowest BCUT2D eigenvalue weighted by atomic mass is 9.95. The first kappa shape index (κ1) is 19.3. The summed E-state index contributed by atoms with van der Waals surface area (Å²) in [5.41, 5.74) is 2.77. The average molecular weight is 421 g/mol. The number of benzene rings is 2. The van der Waals surface area contributed by atoms with Crippen LogP contribution in [0, 0.1) is 10.1 Å². The van der Waals surface area contributed by atoms with E-state index >= 15 is 0 Å². The summed E-state index contributed by atoms with van der Waals surface area (Å²) in [4.78, 5) is 26.3. The molecule has 2 aromatic carbocycles.